The van der Waals surface area contributed by atoms with Gasteiger partial charge in [0.2, 0.25) is 0 Å². The minimum absolute atomic E-state index is 0.313. The van der Waals surface area contributed by atoms with Gasteiger partial charge in [-0.05, 0) is 32.0 Å². The first-order valence-corrected chi connectivity index (χ1v) is 5.67. The van der Waals surface area contributed by atoms with Crippen LogP contribution in [0.3, 0.4) is 0 Å². The number of ether oxygens (including phenoxy) is 2. The molecule has 0 bridgehead atoms. The summed E-state index contributed by atoms with van der Waals surface area (Å²) >= 11 is 0. The van der Waals surface area contributed by atoms with Gasteiger partial charge in [0.05, 0.1) is 18.8 Å². The molecule has 1 aromatic carbocycles. The molecule has 2 aromatic rings. The SMILES string of the molecule is CCOC(=O)c1c[nH]c2ccc(OCC)cc12. The number of aromatic nitrogens is 1. The first-order chi connectivity index (χ1) is 8.26. The van der Waals surface area contributed by atoms with Crippen molar-refractivity contribution in [1.29, 1.82) is 0 Å². The van der Waals surface area contributed by atoms with Gasteiger partial charge in [-0.15, -0.1) is 0 Å². The van der Waals surface area contributed by atoms with Crippen molar-refractivity contribution in [2.24, 2.45) is 0 Å². The number of benzene rings is 1. The lowest BCUT2D eigenvalue weighted by Gasteiger charge is -2.03. The number of H-pyrrole nitrogens is 1. The summed E-state index contributed by atoms with van der Waals surface area (Å²) < 4.78 is 10.4. The molecule has 0 amide bonds. The summed E-state index contributed by atoms with van der Waals surface area (Å²) in [5, 5.41) is 0.828. The first kappa shape index (κ1) is 11.5. The average molecular weight is 233 g/mol. The van der Waals surface area contributed by atoms with Crippen molar-refractivity contribution in [1.82, 2.24) is 4.98 Å². The largest absolute Gasteiger partial charge is 0.494 e. The van der Waals surface area contributed by atoms with Gasteiger partial charge in [-0.2, -0.15) is 0 Å². The molecular formula is C13H15NO3. The van der Waals surface area contributed by atoms with Gasteiger partial charge in [-0.25, -0.2) is 4.79 Å². The molecule has 17 heavy (non-hydrogen) atoms. The zero-order valence-corrected chi connectivity index (χ0v) is 9.95. The number of carbonyl (C=O) groups is 1. The summed E-state index contributed by atoms with van der Waals surface area (Å²) in [7, 11) is 0. The molecule has 0 unspecified atom stereocenters. The summed E-state index contributed by atoms with van der Waals surface area (Å²) in [5.74, 6) is 0.442. The zero-order chi connectivity index (χ0) is 12.3. The number of fused-ring (bicyclic) bond motifs is 1. The van der Waals surface area contributed by atoms with E-state index in [-0.39, 0.29) is 5.97 Å². The molecule has 4 nitrogen and oxygen atoms in total. The van der Waals surface area contributed by atoms with Crippen LogP contribution in [0.1, 0.15) is 24.2 Å². The summed E-state index contributed by atoms with van der Waals surface area (Å²) in [6.45, 7) is 4.69. The molecule has 4 heteroatoms. The molecule has 2 rings (SSSR count). The molecular weight excluding hydrogens is 218 g/mol. The minimum atomic E-state index is -0.313. The van der Waals surface area contributed by atoms with Crippen LogP contribution in [0.4, 0.5) is 0 Å². The third-order valence-corrected chi connectivity index (χ3v) is 2.46. The van der Waals surface area contributed by atoms with E-state index >= 15 is 0 Å². The van der Waals surface area contributed by atoms with Crippen LogP contribution < -0.4 is 4.74 Å². The molecule has 0 radical (unpaired) electrons. The fourth-order valence-electron chi connectivity index (χ4n) is 1.73. The molecule has 90 valence electrons. The van der Waals surface area contributed by atoms with Crippen LogP contribution >= 0.6 is 0 Å². The van der Waals surface area contributed by atoms with E-state index in [2.05, 4.69) is 4.98 Å². The number of aromatic amines is 1. The Morgan fingerprint density at radius 1 is 1.29 bits per heavy atom. The quantitative estimate of drug-likeness (QED) is 0.826. The van der Waals surface area contributed by atoms with Gasteiger partial charge in [-0.1, -0.05) is 0 Å². The fraction of sp³-hybridized carbons (Fsp3) is 0.308. The average Bonchev–Trinajstić information content (AvgIpc) is 2.73. The summed E-state index contributed by atoms with van der Waals surface area (Å²) in [4.78, 5) is 14.7. The number of hydrogen-bond donors (Lipinski definition) is 1. The lowest BCUT2D eigenvalue weighted by Crippen LogP contribution is -2.03. The number of carbonyl (C=O) groups excluding carboxylic acids is 1. The Balaban J connectivity index is 2.42. The van der Waals surface area contributed by atoms with E-state index in [0.717, 1.165) is 16.7 Å². The van der Waals surface area contributed by atoms with Crippen molar-refractivity contribution < 1.29 is 14.3 Å². The number of rotatable bonds is 4. The Morgan fingerprint density at radius 3 is 2.82 bits per heavy atom. The van der Waals surface area contributed by atoms with E-state index in [1.165, 1.54) is 0 Å². The summed E-state index contributed by atoms with van der Waals surface area (Å²) in [6.07, 6.45) is 1.67. The molecule has 0 atom stereocenters. The van der Waals surface area contributed by atoms with Crippen molar-refractivity contribution in [3.8, 4) is 5.75 Å². The van der Waals surface area contributed by atoms with Gasteiger partial charge in [0, 0.05) is 17.1 Å². The second-order valence-corrected chi connectivity index (χ2v) is 3.56. The summed E-state index contributed by atoms with van der Waals surface area (Å²) in [6, 6.07) is 5.61. The zero-order valence-electron chi connectivity index (χ0n) is 9.95. The minimum Gasteiger partial charge on any atom is -0.494 e. The number of nitrogens with one attached hydrogen (secondary N) is 1. The second-order valence-electron chi connectivity index (χ2n) is 3.56. The van der Waals surface area contributed by atoms with Gasteiger partial charge in [0.15, 0.2) is 0 Å². The molecule has 0 spiro atoms. The van der Waals surface area contributed by atoms with E-state index in [9.17, 15) is 4.79 Å². The van der Waals surface area contributed by atoms with Crippen LogP contribution in [-0.2, 0) is 4.74 Å². The smallest absolute Gasteiger partial charge is 0.340 e. The van der Waals surface area contributed by atoms with Crippen molar-refractivity contribution in [2.75, 3.05) is 13.2 Å². The fourth-order valence-corrected chi connectivity index (χ4v) is 1.73. The third-order valence-electron chi connectivity index (χ3n) is 2.46. The maximum absolute atomic E-state index is 11.7. The highest BCUT2D eigenvalue weighted by atomic mass is 16.5. The Hall–Kier alpha value is -1.97. The molecule has 0 saturated carbocycles. The molecule has 0 aliphatic carbocycles. The van der Waals surface area contributed by atoms with E-state index < -0.39 is 0 Å². The van der Waals surface area contributed by atoms with Crippen LogP contribution in [0.25, 0.3) is 10.9 Å². The summed E-state index contributed by atoms with van der Waals surface area (Å²) in [5.41, 5.74) is 1.44. The molecule has 0 fully saturated rings. The van der Waals surface area contributed by atoms with E-state index in [1.54, 1.807) is 13.1 Å². The lowest BCUT2D eigenvalue weighted by molar-refractivity contribution is 0.0529. The van der Waals surface area contributed by atoms with Gasteiger partial charge in [0.1, 0.15) is 5.75 Å². The number of esters is 1. The van der Waals surface area contributed by atoms with Gasteiger partial charge >= 0.3 is 5.97 Å². The van der Waals surface area contributed by atoms with Gasteiger partial charge in [-0.3, -0.25) is 0 Å². The normalized spacial score (nSPS) is 10.5. The van der Waals surface area contributed by atoms with Crippen LogP contribution in [0.5, 0.6) is 5.75 Å². The molecule has 0 aliphatic rings. The van der Waals surface area contributed by atoms with E-state index in [0.29, 0.717) is 18.8 Å². The van der Waals surface area contributed by atoms with Crippen molar-refractivity contribution >= 4 is 16.9 Å². The topological polar surface area (TPSA) is 51.3 Å². The van der Waals surface area contributed by atoms with E-state index in [1.807, 2.05) is 25.1 Å². The Morgan fingerprint density at radius 2 is 2.12 bits per heavy atom. The maximum atomic E-state index is 11.7. The Bertz CT molecular complexity index is 530. The van der Waals surface area contributed by atoms with Gasteiger partial charge < -0.3 is 14.5 Å². The molecule has 0 saturated heterocycles. The predicted molar refractivity (Wildman–Crippen MR) is 65.4 cm³/mol. The van der Waals surface area contributed by atoms with Crippen LogP contribution in [0.15, 0.2) is 24.4 Å². The second kappa shape index (κ2) is 4.91. The highest BCUT2D eigenvalue weighted by Crippen LogP contribution is 2.24. The monoisotopic (exact) mass is 233 g/mol. The molecule has 0 aliphatic heterocycles. The van der Waals surface area contributed by atoms with Crippen LogP contribution in [-0.4, -0.2) is 24.2 Å². The number of hydrogen-bond acceptors (Lipinski definition) is 3. The standard InChI is InChI=1S/C13H15NO3/c1-3-16-9-5-6-12-10(7-9)11(8-14-12)13(15)17-4-2/h5-8,14H,3-4H2,1-2H3. The van der Waals surface area contributed by atoms with Crippen molar-refractivity contribution in [3.05, 3.63) is 30.0 Å². The molecule has 1 N–H and O–H groups in total. The Labute approximate surface area is 99.5 Å². The third kappa shape index (κ3) is 2.25. The molecule has 1 aromatic heterocycles. The maximum Gasteiger partial charge on any atom is 0.340 e. The first-order valence-electron chi connectivity index (χ1n) is 5.67. The Kier molecular flexibility index (Phi) is 3.32. The van der Waals surface area contributed by atoms with Crippen LogP contribution in [0.2, 0.25) is 0 Å². The van der Waals surface area contributed by atoms with Gasteiger partial charge in [0.25, 0.3) is 0 Å². The lowest BCUT2D eigenvalue weighted by atomic mass is 10.1. The predicted octanol–water partition coefficient (Wildman–Crippen LogP) is 2.74. The molecule has 1 heterocycles. The highest BCUT2D eigenvalue weighted by molar-refractivity contribution is 6.04. The van der Waals surface area contributed by atoms with Crippen molar-refractivity contribution in [3.63, 3.8) is 0 Å². The van der Waals surface area contributed by atoms with Crippen LogP contribution in [0, 0.1) is 0 Å². The van der Waals surface area contributed by atoms with Crippen molar-refractivity contribution in [2.45, 2.75) is 13.8 Å². The highest BCUT2D eigenvalue weighted by Gasteiger charge is 2.13. The van der Waals surface area contributed by atoms with E-state index in [4.69, 9.17) is 9.47 Å².